The lowest BCUT2D eigenvalue weighted by atomic mass is 9.96. The van der Waals surface area contributed by atoms with Gasteiger partial charge in [0.25, 0.3) is 0 Å². The fraction of sp³-hybridized carbons (Fsp3) is 0.200. The van der Waals surface area contributed by atoms with E-state index in [9.17, 15) is 4.39 Å². The number of fused-ring (bicyclic) bond motifs is 1. The van der Waals surface area contributed by atoms with E-state index < -0.39 is 0 Å². The highest BCUT2D eigenvalue weighted by Crippen LogP contribution is 2.30. The van der Waals surface area contributed by atoms with Gasteiger partial charge in [0.15, 0.2) is 5.65 Å². The van der Waals surface area contributed by atoms with Crippen LogP contribution < -0.4 is 0 Å². The van der Waals surface area contributed by atoms with E-state index in [0.29, 0.717) is 11.5 Å². The van der Waals surface area contributed by atoms with Crippen LogP contribution >= 0.6 is 0 Å². The van der Waals surface area contributed by atoms with Gasteiger partial charge >= 0.3 is 0 Å². The highest BCUT2D eigenvalue weighted by molar-refractivity contribution is 5.90. The van der Waals surface area contributed by atoms with Gasteiger partial charge in [0.2, 0.25) is 0 Å². The first kappa shape index (κ1) is 21.4. The molecule has 1 unspecified atom stereocenters. The van der Waals surface area contributed by atoms with E-state index in [2.05, 4.69) is 26.5 Å². The molecular weight excluding hydrogens is 403 g/mol. The van der Waals surface area contributed by atoms with E-state index in [4.69, 9.17) is 4.98 Å². The summed E-state index contributed by atoms with van der Waals surface area (Å²) in [5.41, 5.74) is 6.24. The average Bonchev–Trinajstić information content (AvgIpc) is 3.19. The van der Waals surface area contributed by atoms with Gasteiger partial charge in [-0.3, -0.25) is 0 Å². The second-order valence-corrected chi connectivity index (χ2v) is 7.91. The smallest absolute Gasteiger partial charge is 0.156 e. The number of aryl methyl sites for hydroxylation is 1. The number of aromatic amines is 1. The van der Waals surface area contributed by atoms with Crippen molar-refractivity contribution in [1.82, 2.24) is 29.8 Å². The van der Waals surface area contributed by atoms with Gasteiger partial charge in [-0.05, 0) is 30.7 Å². The van der Waals surface area contributed by atoms with Gasteiger partial charge in [-0.15, -0.1) is 0 Å². The minimum absolute atomic E-state index is 0.0894. The third-order valence-corrected chi connectivity index (χ3v) is 5.22. The van der Waals surface area contributed by atoms with Crippen LogP contribution in [-0.4, -0.2) is 43.9 Å². The standard InChI is InChI=1S/C25H25FN6/c1-6-17(14-32(4)5)23-13-28-25-24(31-23)20(12-27-25)22-11-21(29-16(3)30-22)15(2)18-8-7-9-19(26)10-18/h6-15H,1H2,2-5H3,(H,27,28)/b17-14+. The third kappa shape index (κ3) is 4.27. The third-order valence-electron chi connectivity index (χ3n) is 5.22. The number of hydrogen-bond acceptors (Lipinski definition) is 5. The lowest BCUT2D eigenvalue weighted by Crippen LogP contribution is -2.04. The van der Waals surface area contributed by atoms with Crippen molar-refractivity contribution in [3.05, 3.63) is 90.2 Å². The Kier molecular flexibility index (Phi) is 5.81. The quantitative estimate of drug-likeness (QED) is 0.433. The van der Waals surface area contributed by atoms with Crippen molar-refractivity contribution in [2.45, 2.75) is 19.8 Å². The first-order chi connectivity index (χ1) is 15.4. The molecule has 32 heavy (non-hydrogen) atoms. The second-order valence-electron chi connectivity index (χ2n) is 7.91. The minimum Gasteiger partial charge on any atom is -0.383 e. The van der Waals surface area contributed by atoms with Crippen molar-refractivity contribution in [3.63, 3.8) is 0 Å². The normalized spacial score (nSPS) is 12.7. The van der Waals surface area contributed by atoms with Gasteiger partial charge in [0.05, 0.1) is 23.3 Å². The summed E-state index contributed by atoms with van der Waals surface area (Å²) in [4.78, 5) is 23.8. The molecule has 0 spiro atoms. The summed E-state index contributed by atoms with van der Waals surface area (Å²) in [6.07, 6.45) is 7.29. The van der Waals surface area contributed by atoms with Crippen LogP contribution in [-0.2, 0) is 0 Å². The number of nitrogens with one attached hydrogen (secondary N) is 1. The van der Waals surface area contributed by atoms with E-state index in [1.807, 2.05) is 57.4 Å². The molecule has 0 saturated carbocycles. The first-order valence-corrected chi connectivity index (χ1v) is 10.3. The Morgan fingerprint density at radius 2 is 2.00 bits per heavy atom. The molecule has 6 nitrogen and oxygen atoms in total. The summed E-state index contributed by atoms with van der Waals surface area (Å²) in [6, 6.07) is 8.54. The van der Waals surface area contributed by atoms with Crippen molar-refractivity contribution in [2.24, 2.45) is 0 Å². The fourth-order valence-corrected chi connectivity index (χ4v) is 3.62. The minimum atomic E-state index is -0.261. The molecule has 1 N–H and O–H groups in total. The molecule has 3 heterocycles. The number of benzene rings is 1. The maximum Gasteiger partial charge on any atom is 0.156 e. The van der Waals surface area contributed by atoms with Crippen LogP contribution in [0.2, 0.25) is 0 Å². The fourth-order valence-electron chi connectivity index (χ4n) is 3.62. The number of aromatic nitrogens is 5. The van der Waals surface area contributed by atoms with Gasteiger partial charge in [-0.1, -0.05) is 31.7 Å². The van der Waals surface area contributed by atoms with Crippen LogP contribution in [0.5, 0.6) is 0 Å². The largest absolute Gasteiger partial charge is 0.383 e. The van der Waals surface area contributed by atoms with E-state index >= 15 is 0 Å². The molecule has 3 aromatic heterocycles. The maximum absolute atomic E-state index is 13.7. The van der Waals surface area contributed by atoms with Crippen LogP contribution in [0.4, 0.5) is 4.39 Å². The highest BCUT2D eigenvalue weighted by Gasteiger charge is 2.17. The monoisotopic (exact) mass is 428 g/mol. The van der Waals surface area contributed by atoms with Crippen LogP contribution in [0.25, 0.3) is 28.0 Å². The SMILES string of the molecule is C=C/C(=C\N(C)C)c1cnc2[nH]cc(-c3cc(C(C)c4cccc(F)c4)nc(C)n3)c2n1. The van der Waals surface area contributed by atoms with Crippen molar-refractivity contribution < 1.29 is 4.39 Å². The van der Waals surface area contributed by atoms with Crippen molar-refractivity contribution in [2.75, 3.05) is 14.1 Å². The molecule has 0 fully saturated rings. The zero-order valence-electron chi connectivity index (χ0n) is 18.6. The van der Waals surface area contributed by atoms with Crippen molar-refractivity contribution in [3.8, 4) is 11.3 Å². The van der Waals surface area contributed by atoms with E-state index in [1.54, 1.807) is 24.4 Å². The molecule has 0 bridgehead atoms. The molecule has 1 aromatic carbocycles. The Morgan fingerprint density at radius 1 is 1.19 bits per heavy atom. The van der Waals surface area contributed by atoms with E-state index in [0.717, 1.165) is 39.3 Å². The van der Waals surface area contributed by atoms with Gasteiger partial charge in [0, 0.05) is 43.5 Å². The molecule has 4 rings (SSSR count). The summed E-state index contributed by atoms with van der Waals surface area (Å²) >= 11 is 0. The lowest BCUT2D eigenvalue weighted by molar-refractivity contribution is 0.566. The van der Waals surface area contributed by atoms with Gasteiger partial charge in [-0.2, -0.15) is 0 Å². The Bertz CT molecular complexity index is 1320. The number of halogens is 1. The summed E-state index contributed by atoms with van der Waals surface area (Å²) in [6.45, 7) is 7.76. The molecule has 7 heteroatoms. The predicted octanol–water partition coefficient (Wildman–Crippen LogP) is 5.10. The number of H-pyrrole nitrogens is 1. The molecule has 1 atom stereocenters. The van der Waals surface area contributed by atoms with Crippen molar-refractivity contribution in [1.29, 1.82) is 0 Å². The summed E-state index contributed by atoms with van der Waals surface area (Å²) in [7, 11) is 3.89. The zero-order valence-corrected chi connectivity index (χ0v) is 18.6. The van der Waals surface area contributed by atoms with E-state index in [1.165, 1.54) is 6.07 Å². The van der Waals surface area contributed by atoms with Crippen LogP contribution in [0.15, 0.2) is 61.6 Å². The Balaban J connectivity index is 1.81. The maximum atomic E-state index is 13.7. The number of hydrogen-bond donors (Lipinski definition) is 1. The summed E-state index contributed by atoms with van der Waals surface area (Å²) in [5, 5.41) is 0. The van der Waals surface area contributed by atoms with Crippen LogP contribution in [0.3, 0.4) is 0 Å². The Labute approximate surface area is 186 Å². The number of allylic oxidation sites excluding steroid dienone is 2. The molecule has 0 aliphatic heterocycles. The molecule has 0 aliphatic rings. The van der Waals surface area contributed by atoms with Crippen LogP contribution in [0, 0.1) is 12.7 Å². The molecule has 162 valence electrons. The van der Waals surface area contributed by atoms with E-state index in [-0.39, 0.29) is 11.7 Å². The Hall–Kier alpha value is -3.87. The molecule has 4 aromatic rings. The number of rotatable bonds is 6. The topological polar surface area (TPSA) is 70.6 Å². The Morgan fingerprint density at radius 3 is 2.72 bits per heavy atom. The second kappa shape index (κ2) is 8.70. The van der Waals surface area contributed by atoms with Crippen molar-refractivity contribution >= 4 is 16.7 Å². The first-order valence-electron chi connectivity index (χ1n) is 10.3. The van der Waals surface area contributed by atoms with Gasteiger partial charge in [-0.25, -0.2) is 24.3 Å². The van der Waals surface area contributed by atoms with Gasteiger partial charge in [0.1, 0.15) is 17.2 Å². The van der Waals surface area contributed by atoms with Crippen LogP contribution in [0.1, 0.15) is 35.6 Å². The highest BCUT2D eigenvalue weighted by atomic mass is 19.1. The molecule has 0 aliphatic carbocycles. The summed E-state index contributed by atoms with van der Waals surface area (Å²) in [5.74, 6) is 0.287. The molecule has 0 amide bonds. The molecular formula is C25H25FN6. The number of nitrogens with zero attached hydrogens (tertiary/aromatic N) is 5. The lowest BCUT2D eigenvalue weighted by Gasteiger charge is -2.13. The average molecular weight is 429 g/mol. The molecule has 0 saturated heterocycles. The molecule has 0 radical (unpaired) electrons. The zero-order chi connectivity index (χ0) is 22.8. The predicted molar refractivity (Wildman–Crippen MR) is 125 cm³/mol. The summed E-state index contributed by atoms with van der Waals surface area (Å²) < 4.78 is 13.7. The van der Waals surface area contributed by atoms with Gasteiger partial charge < -0.3 is 9.88 Å².